The van der Waals surface area contributed by atoms with Crippen LogP contribution in [0, 0.1) is 0 Å². The Balaban J connectivity index is 2.16. The molecule has 0 aliphatic heterocycles. The number of ketones is 1. The number of carbonyl (C=O) groups is 1. The number of hydrogen-bond donors (Lipinski definition) is 0. The van der Waals surface area contributed by atoms with E-state index in [-0.39, 0.29) is 11.5 Å². The first kappa shape index (κ1) is 15.7. The van der Waals surface area contributed by atoms with Gasteiger partial charge in [-0.1, -0.05) is 29.8 Å². The molecule has 0 radical (unpaired) electrons. The van der Waals surface area contributed by atoms with Crippen LogP contribution in [0.1, 0.15) is 17.3 Å². The molecule has 110 valence electrons. The zero-order chi connectivity index (χ0) is 15.2. The van der Waals surface area contributed by atoms with Crippen LogP contribution in [0.5, 0.6) is 5.75 Å². The fraction of sp³-hybridized carbons (Fsp3) is 0.188. The number of Topliss-reactive ketones (excluding diaryl/α,β-unsaturated/α-hetero) is 1. The highest BCUT2D eigenvalue weighted by molar-refractivity contribution is 7.85. The van der Waals surface area contributed by atoms with Crippen LogP contribution in [-0.2, 0) is 10.8 Å². The zero-order valence-electron chi connectivity index (χ0n) is 11.5. The molecule has 0 saturated carbocycles. The first-order chi connectivity index (χ1) is 10.1. The van der Waals surface area contributed by atoms with Crippen molar-refractivity contribution in [3.63, 3.8) is 0 Å². The molecule has 1 atom stereocenters. The molecule has 0 bridgehead atoms. The molecule has 5 heteroatoms. The van der Waals surface area contributed by atoms with Gasteiger partial charge in [0.2, 0.25) is 0 Å². The van der Waals surface area contributed by atoms with E-state index in [1.807, 2.05) is 6.92 Å². The van der Waals surface area contributed by atoms with E-state index in [4.69, 9.17) is 16.3 Å². The Bertz CT molecular complexity index is 670. The number of para-hydroxylation sites is 1. The van der Waals surface area contributed by atoms with Crippen molar-refractivity contribution in [1.82, 2.24) is 0 Å². The fourth-order valence-corrected chi connectivity index (χ4v) is 3.17. The van der Waals surface area contributed by atoms with Gasteiger partial charge in [0.25, 0.3) is 0 Å². The van der Waals surface area contributed by atoms with E-state index in [0.29, 0.717) is 27.8 Å². The van der Waals surface area contributed by atoms with Crippen LogP contribution < -0.4 is 4.74 Å². The summed E-state index contributed by atoms with van der Waals surface area (Å²) < 4.78 is 17.7. The third-order valence-electron chi connectivity index (χ3n) is 2.81. The lowest BCUT2D eigenvalue weighted by Gasteiger charge is -2.09. The molecule has 0 fully saturated rings. The summed E-state index contributed by atoms with van der Waals surface area (Å²) in [5.74, 6) is 0.218. The van der Waals surface area contributed by atoms with Crippen molar-refractivity contribution in [2.75, 3.05) is 12.4 Å². The molecule has 0 amide bonds. The van der Waals surface area contributed by atoms with Gasteiger partial charge in [0.05, 0.1) is 28.7 Å². The van der Waals surface area contributed by atoms with Gasteiger partial charge in [0, 0.05) is 9.92 Å². The van der Waals surface area contributed by atoms with E-state index in [1.54, 1.807) is 48.5 Å². The lowest BCUT2D eigenvalue weighted by molar-refractivity contribution is 0.101. The molecule has 2 aromatic carbocycles. The number of halogens is 1. The summed E-state index contributed by atoms with van der Waals surface area (Å²) in [5.41, 5.74) is 0.453. The Kier molecular flexibility index (Phi) is 5.53. The maximum atomic E-state index is 12.3. The van der Waals surface area contributed by atoms with Crippen molar-refractivity contribution in [3.8, 4) is 5.75 Å². The van der Waals surface area contributed by atoms with Gasteiger partial charge in [-0.05, 0) is 37.3 Å². The Morgan fingerprint density at radius 2 is 1.95 bits per heavy atom. The van der Waals surface area contributed by atoms with Gasteiger partial charge in [0.1, 0.15) is 5.75 Å². The van der Waals surface area contributed by atoms with Crippen molar-refractivity contribution >= 4 is 28.2 Å². The van der Waals surface area contributed by atoms with Gasteiger partial charge in [-0.3, -0.25) is 9.00 Å². The molecule has 2 rings (SSSR count). The number of hydrogen-bond acceptors (Lipinski definition) is 3. The van der Waals surface area contributed by atoms with E-state index in [9.17, 15) is 9.00 Å². The standard InChI is InChI=1S/C16H15ClO3S/c1-2-20-16-9-4-3-8-14(16)15(18)11-21(19)13-7-5-6-12(17)10-13/h3-10H,2,11H2,1H3. The van der Waals surface area contributed by atoms with Crippen LogP contribution in [0.3, 0.4) is 0 Å². The highest BCUT2D eigenvalue weighted by Crippen LogP contribution is 2.20. The normalized spacial score (nSPS) is 11.9. The average molecular weight is 323 g/mol. The predicted octanol–water partition coefficient (Wildman–Crippen LogP) is 3.73. The van der Waals surface area contributed by atoms with Gasteiger partial charge >= 0.3 is 0 Å². The maximum Gasteiger partial charge on any atom is 0.179 e. The predicted molar refractivity (Wildman–Crippen MR) is 84.7 cm³/mol. The van der Waals surface area contributed by atoms with Gasteiger partial charge in [-0.2, -0.15) is 0 Å². The summed E-state index contributed by atoms with van der Waals surface area (Å²) in [7, 11) is -1.43. The van der Waals surface area contributed by atoms with Crippen LogP contribution >= 0.6 is 11.6 Å². The molecule has 2 aromatic rings. The minimum Gasteiger partial charge on any atom is -0.493 e. The van der Waals surface area contributed by atoms with Gasteiger partial charge in [-0.15, -0.1) is 0 Å². The fourth-order valence-electron chi connectivity index (χ4n) is 1.87. The monoisotopic (exact) mass is 322 g/mol. The number of rotatable bonds is 6. The summed E-state index contributed by atoms with van der Waals surface area (Å²) in [6.07, 6.45) is 0. The van der Waals surface area contributed by atoms with Gasteiger partial charge < -0.3 is 4.74 Å². The molecule has 0 aliphatic carbocycles. The lowest BCUT2D eigenvalue weighted by Crippen LogP contribution is -2.12. The summed E-state index contributed by atoms with van der Waals surface area (Å²) in [6.45, 7) is 2.33. The van der Waals surface area contributed by atoms with Crippen LogP contribution in [-0.4, -0.2) is 22.4 Å². The third kappa shape index (κ3) is 4.16. The van der Waals surface area contributed by atoms with Crippen molar-refractivity contribution in [1.29, 1.82) is 0 Å². The largest absolute Gasteiger partial charge is 0.493 e. The molecule has 21 heavy (non-hydrogen) atoms. The van der Waals surface area contributed by atoms with E-state index < -0.39 is 10.8 Å². The summed E-state index contributed by atoms with van der Waals surface area (Å²) in [6, 6.07) is 13.7. The van der Waals surface area contributed by atoms with E-state index in [1.165, 1.54) is 0 Å². The van der Waals surface area contributed by atoms with Crippen molar-refractivity contribution in [2.45, 2.75) is 11.8 Å². The maximum absolute atomic E-state index is 12.3. The van der Waals surface area contributed by atoms with Crippen molar-refractivity contribution in [2.24, 2.45) is 0 Å². The average Bonchev–Trinajstić information content (AvgIpc) is 2.48. The molecule has 0 heterocycles. The van der Waals surface area contributed by atoms with Crippen LogP contribution in [0.15, 0.2) is 53.4 Å². The molecule has 0 spiro atoms. The van der Waals surface area contributed by atoms with Gasteiger partial charge in [0.15, 0.2) is 5.78 Å². The summed E-state index contributed by atoms with van der Waals surface area (Å²) in [5, 5.41) is 0.503. The lowest BCUT2D eigenvalue weighted by atomic mass is 10.1. The van der Waals surface area contributed by atoms with E-state index in [0.717, 1.165) is 0 Å². The SMILES string of the molecule is CCOc1ccccc1C(=O)CS(=O)c1cccc(Cl)c1. The smallest absolute Gasteiger partial charge is 0.179 e. The second-order valence-corrected chi connectivity index (χ2v) is 6.19. The number of ether oxygens (including phenoxy) is 1. The Labute approximate surface area is 131 Å². The molecule has 1 unspecified atom stereocenters. The second-order valence-electron chi connectivity index (χ2n) is 4.30. The Hall–Kier alpha value is -1.65. The summed E-state index contributed by atoms with van der Waals surface area (Å²) in [4.78, 5) is 12.8. The van der Waals surface area contributed by atoms with Crippen LogP contribution in [0.4, 0.5) is 0 Å². The Morgan fingerprint density at radius 3 is 2.67 bits per heavy atom. The van der Waals surface area contributed by atoms with Crippen LogP contribution in [0.2, 0.25) is 5.02 Å². The second kappa shape index (κ2) is 7.38. The first-order valence-electron chi connectivity index (χ1n) is 6.50. The zero-order valence-corrected chi connectivity index (χ0v) is 13.1. The van der Waals surface area contributed by atoms with E-state index >= 15 is 0 Å². The highest BCUT2D eigenvalue weighted by Gasteiger charge is 2.16. The molecular formula is C16H15ClO3S. The molecule has 0 saturated heterocycles. The molecule has 0 aromatic heterocycles. The molecule has 0 N–H and O–H groups in total. The highest BCUT2D eigenvalue weighted by atomic mass is 35.5. The topological polar surface area (TPSA) is 43.4 Å². The molecule has 3 nitrogen and oxygen atoms in total. The third-order valence-corrected chi connectivity index (χ3v) is 4.35. The van der Waals surface area contributed by atoms with Gasteiger partial charge in [-0.25, -0.2) is 0 Å². The van der Waals surface area contributed by atoms with Crippen LogP contribution in [0.25, 0.3) is 0 Å². The van der Waals surface area contributed by atoms with E-state index in [2.05, 4.69) is 0 Å². The minimum atomic E-state index is -1.43. The summed E-state index contributed by atoms with van der Waals surface area (Å²) >= 11 is 5.87. The number of benzene rings is 2. The quantitative estimate of drug-likeness (QED) is 0.761. The van der Waals surface area contributed by atoms with Crippen molar-refractivity contribution in [3.05, 3.63) is 59.1 Å². The molecule has 0 aliphatic rings. The number of carbonyl (C=O) groups excluding carboxylic acids is 1. The molecular weight excluding hydrogens is 308 g/mol. The minimum absolute atomic E-state index is 0.0928. The van der Waals surface area contributed by atoms with Crippen molar-refractivity contribution < 1.29 is 13.7 Å². The first-order valence-corrected chi connectivity index (χ1v) is 8.20. The Morgan fingerprint density at radius 1 is 1.19 bits per heavy atom.